The quantitative estimate of drug-likeness (QED) is 0.688. The van der Waals surface area contributed by atoms with Crippen molar-refractivity contribution in [1.82, 2.24) is 5.32 Å². The minimum atomic E-state index is 0.188. The average Bonchev–Trinajstić information content (AvgIpc) is 3.20. The van der Waals surface area contributed by atoms with Crippen molar-refractivity contribution in [1.29, 1.82) is 0 Å². The summed E-state index contributed by atoms with van der Waals surface area (Å²) in [5.41, 5.74) is 2.97. The van der Waals surface area contributed by atoms with Gasteiger partial charge in [0.05, 0.1) is 6.54 Å². The van der Waals surface area contributed by atoms with Crippen LogP contribution in [0.5, 0.6) is 0 Å². The van der Waals surface area contributed by atoms with Crippen LogP contribution in [0.4, 0.5) is 5.69 Å². The highest BCUT2D eigenvalue weighted by Crippen LogP contribution is 2.21. The van der Waals surface area contributed by atoms with Gasteiger partial charge in [0, 0.05) is 24.2 Å². The highest BCUT2D eigenvalue weighted by Gasteiger charge is 2.10. The van der Waals surface area contributed by atoms with Crippen molar-refractivity contribution in [2.75, 3.05) is 18.4 Å². The number of nitrogens with one attached hydrogen (secondary N) is 2. The van der Waals surface area contributed by atoms with Crippen LogP contribution in [-0.2, 0) is 6.42 Å². The Morgan fingerprint density at radius 3 is 2.62 bits per heavy atom. The number of nitrogens with zero attached hydrogens (tertiary/aromatic N) is 1. The van der Waals surface area contributed by atoms with Gasteiger partial charge in [-0.2, -0.15) is 0 Å². The van der Waals surface area contributed by atoms with Gasteiger partial charge >= 0.3 is 0 Å². The third-order valence-corrected chi connectivity index (χ3v) is 4.62. The van der Waals surface area contributed by atoms with Crippen LogP contribution in [0.1, 0.15) is 22.3 Å². The predicted molar refractivity (Wildman–Crippen MR) is 107 cm³/mol. The molecule has 0 fully saturated rings. The second-order valence-electron chi connectivity index (χ2n) is 6.43. The number of carbonyl (C=O) groups is 1. The van der Waals surface area contributed by atoms with Crippen LogP contribution in [-0.4, -0.2) is 24.8 Å². The molecule has 0 unspecified atom stereocenters. The minimum absolute atomic E-state index is 0.188. The first-order chi connectivity index (χ1) is 12.8. The van der Waals surface area contributed by atoms with Gasteiger partial charge in [0.25, 0.3) is 0 Å². The summed E-state index contributed by atoms with van der Waals surface area (Å²) in [5.74, 6) is 1.01. The van der Waals surface area contributed by atoms with Crippen molar-refractivity contribution >= 4 is 28.2 Å². The molecule has 1 heterocycles. The van der Waals surface area contributed by atoms with E-state index in [1.165, 1.54) is 0 Å². The Balaban J connectivity index is 1.41. The standard InChI is InChI=1S/C22H21N3O/c26-21(20-7-3-5-17-4-1-2-6-19(17)20)13-10-16-8-11-18(12-9-16)25-22-23-14-15-24-22/h1-9,11-12H,10,13-15H2,(H2,23,24,25). The number of hydrogen-bond acceptors (Lipinski definition) is 4. The summed E-state index contributed by atoms with van der Waals surface area (Å²) in [6.45, 7) is 1.70. The van der Waals surface area contributed by atoms with Crippen molar-refractivity contribution in [3.05, 3.63) is 77.9 Å². The number of ketones is 1. The number of anilines is 1. The Morgan fingerprint density at radius 1 is 1.00 bits per heavy atom. The highest BCUT2D eigenvalue weighted by molar-refractivity contribution is 6.08. The third kappa shape index (κ3) is 3.59. The smallest absolute Gasteiger partial charge is 0.195 e. The Kier molecular flexibility index (Phi) is 4.65. The van der Waals surface area contributed by atoms with Crippen LogP contribution in [0, 0.1) is 0 Å². The lowest BCUT2D eigenvalue weighted by Gasteiger charge is -2.08. The molecule has 1 aliphatic rings. The van der Waals surface area contributed by atoms with Crippen LogP contribution in [0.2, 0.25) is 0 Å². The van der Waals surface area contributed by atoms with Crippen molar-refractivity contribution in [2.24, 2.45) is 4.99 Å². The van der Waals surface area contributed by atoms with Gasteiger partial charge < -0.3 is 10.6 Å². The normalized spacial score (nSPS) is 13.3. The largest absolute Gasteiger partial charge is 0.354 e. The van der Waals surface area contributed by atoms with E-state index in [9.17, 15) is 4.79 Å². The number of carbonyl (C=O) groups excluding carboxylic acids is 1. The lowest BCUT2D eigenvalue weighted by Crippen LogP contribution is -2.26. The molecule has 3 aromatic rings. The molecule has 0 aliphatic carbocycles. The van der Waals surface area contributed by atoms with Gasteiger partial charge in [-0.25, -0.2) is 0 Å². The summed E-state index contributed by atoms with van der Waals surface area (Å²) in [4.78, 5) is 17.0. The van der Waals surface area contributed by atoms with Gasteiger partial charge in [0.2, 0.25) is 0 Å². The fraction of sp³-hybridized carbons (Fsp3) is 0.182. The molecule has 0 spiro atoms. The summed E-state index contributed by atoms with van der Waals surface area (Å²) in [6.07, 6.45) is 1.25. The predicted octanol–water partition coefficient (Wildman–Crippen LogP) is 4.03. The van der Waals surface area contributed by atoms with E-state index >= 15 is 0 Å². The molecule has 3 aromatic carbocycles. The van der Waals surface area contributed by atoms with E-state index in [-0.39, 0.29) is 5.78 Å². The first kappa shape index (κ1) is 16.3. The summed E-state index contributed by atoms with van der Waals surface area (Å²) < 4.78 is 0. The number of aliphatic imine (C=N–C) groups is 1. The fourth-order valence-corrected chi connectivity index (χ4v) is 3.23. The molecule has 0 aromatic heterocycles. The minimum Gasteiger partial charge on any atom is -0.354 e. The average molecular weight is 343 g/mol. The molecule has 4 heteroatoms. The Bertz CT molecular complexity index is 955. The van der Waals surface area contributed by atoms with Crippen LogP contribution >= 0.6 is 0 Å². The molecule has 0 radical (unpaired) electrons. The SMILES string of the molecule is O=C(CCc1ccc(NC2=NCCN2)cc1)c1cccc2ccccc12. The summed E-state index contributed by atoms with van der Waals surface area (Å²) in [7, 11) is 0. The van der Waals surface area contributed by atoms with Gasteiger partial charge in [-0.05, 0) is 34.9 Å². The number of fused-ring (bicyclic) bond motifs is 1. The number of guanidine groups is 1. The number of benzene rings is 3. The number of hydrogen-bond donors (Lipinski definition) is 2. The highest BCUT2D eigenvalue weighted by atomic mass is 16.1. The Hall–Kier alpha value is -3.14. The molecule has 4 nitrogen and oxygen atoms in total. The second-order valence-corrected chi connectivity index (χ2v) is 6.43. The zero-order valence-corrected chi connectivity index (χ0v) is 14.5. The summed E-state index contributed by atoms with van der Waals surface area (Å²) in [6, 6.07) is 22.1. The van der Waals surface area contributed by atoms with E-state index in [1.54, 1.807) is 0 Å². The number of Topliss-reactive ketones (excluding diaryl/α,β-unsaturated/α-hetero) is 1. The summed E-state index contributed by atoms with van der Waals surface area (Å²) in [5, 5.41) is 8.58. The zero-order valence-electron chi connectivity index (χ0n) is 14.5. The zero-order chi connectivity index (χ0) is 17.8. The Morgan fingerprint density at radius 2 is 1.81 bits per heavy atom. The van der Waals surface area contributed by atoms with E-state index < -0.39 is 0 Å². The maximum atomic E-state index is 12.7. The molecule has 4 rings (SSSR count). The van der Waals surface area contributed by atoms with E-state index in [2.05, 4.69) is 27.8 Å². The molecule has 130 valence electrons. The first-order valence-corrected chi connectivity index (χ1v) is 8.95. The molecular formula is C22H21N3O. The van der Waals surface area contributed by atoms with E-state index in [4.69, 9.17) is 0 Å². The molecule has 0 amide bonds. The molecule has 2 N–H and O–H groups in total. The van der Waals surface area contributed by atoms with Crippen LogP contribution < -0.4 is 10.6 Å². The number of aryl methyl sites for hydroxylation is 1. The van der Waals surface area contributed by atoms with Gasteiger partial charge in [-0.15, -0.1) is 0 Å². The van der Waals surface area contributed by atoms with Crippen molar-refractivity contribution < 1.29 is 4.79 Å². The second kappa shape index (κ2) is 7.40. The third-order valence-electron chi connectivity index (χ3n) is 4.62. The van der Waals surface area contributed by atoms with Gasteiger partial charge in [0.1, 0.15) is 0 Å². The van der Waals surface area contributed by atoms with E-state index in [1.807, 2.05) is 54.6 Å². The Labute approximate surface area is 153 Å². The van der Waals surface area contributed by atoms with Crippen molar-refractivity contribution in [3.8, 4) is 0 Å². The fourth-order valence-electron chi connectivity index (χ4n) is 3.23. The van der Waals surface area contributed by atoms with E-state index in [0.29, 0.717) is 6.42 Å². The van der Waals surface area contributed by atoms with Crippen molar-refractivity contribution in [2.45, 2.75) is 12.8 Å². The van der Waals surface area contributed by atoms with Crippen LogP contribution in [0.25, 0.3) is 10.8 Å². The molecule has 0 atom stereocenters. The maximum absolute atomic E-state index is 12.7. The summed E-state index contributed by atoms with van der Waals surface area (Å²) >= 11 is 0. The van der Waals surface area contributed by atoms with E-state index in [0.717, 1.165) is 53.1 Å². The van der Waals surface area contributed by atoms with Gasteiger partial charge in [-0.1, -0.05) is 54.6 Å². The molecular weight excluding hydrogens is 322 g/mol. The van der Waals surface area contributed by atoms with Crippen LogP contribution in [0.15, 0.2) is 71.7 Å². The number of rotatable bonds is 5. The lowest BCUT2D eigenvalue weighted by atomic mass is 9.97. The lowest BCUT2D eigenvalue weighted by molar-refractivity contribution is 0.0984. The molecule has 0 saturated heterocycles. The molecule has 0 bridgehead atoms. The van der Waals surface area contributed by atoms with Crippen LogP contribution in [0.3, 0.4) is 0 Å². The van der Waals surface area contributed by atoms with Crippen molar-refractivity contribution in [3.63, 3.8) is 0 Å². The van der Waals surface area contributed by atoms with Gasteiger partial charge in [0.15, 0.2) is 11.7 Å². The molecule has 26 heavy (non-hydrogen) atoms. The van der Waals surface area contributed by atoms with Gasteiger partial charge in [-0.3, -0.25) is 9.79 Å². The molecule has 1 aliphatic heterocycles. The first-order valence-electron chi connectivity index (χ1n) is 8.95. The topological polar surface area (TPSA) is 53.5 Å². The molecule has 0 saturated carbocycles. The monoisotopic (exact) mass is 343 g/mol. The maximum Gasteiger partial charge on any atom is 0.195 e.